The highest BCUT2D eigenvalue weighted by Gasteiger charge is 2.41. The minimum Gasteiger partial charge on any atom is -1.00 e. The van der Waals surface area contributed by atoms with Gasteiger partial charge in [0.05, 0.1) is 10.2 Å². The predicted molar refractivity (Wildman–Crippen MR) is 104 cm³/mol. The first-order chi connectivity index (χ1) is 10.2. The topological polar surface area (TPSA) is 0 Å². The molecule has 0 atom stereocenters. The Bertz CT molecular complexity index is 687. The van der Waals surface area contributed by atoms with Gasteiger partial charge in [0.2, 0.25) is 0 Å². The van der Waals surface area contributed by atoms with Crippen LogP contribution >= 0.6 is 29.9 Å². The molecule has 3 aromatic carbocycles. The molecule has 0 spiro atoms. The van der Waals surface area contributed by atoms with Crippen molar-refractivity contribution in [2.75, 3.05) is 6.66 Å². The molecule has 3 heteroatoms. The zero-order valence-electron chi connectivity index (χ0n) is 12.3. The molecule has 0 radical (unpaired) electrons. The van der Waals surface area contributed by atoms with E-state index >= 15 is 0 Å². The third-order valence-electron chi connectivity index (χ3n) is 3.88. The zero-order valence-corrected chi connectivity index (χ0v) is 17.5. The number of hydrogen-bond donors (Lipinski definition) is 0. The van der Waals surface area contributed by atoms with Gasteiger partial charge in [-0.05, 0) is 59.0 Å². The average molecular weight is 530 g/mol. The lowest BCUT2D eigenvalue weighted by atomic mass is 10.4. The molecule has 0 saturated heterocycles. The van der Waals surface area contributed by atoms with E-state index in [-0.39, 0.29) is 24.0 Å². The van der Waals surface area contributed by atoms with E-state index in [1.54, 1.807) is 0 Å². The van der Waals surface area contributed by atoms with Gasteiger partial charge in [-0.3, -0.25) is 0 Å². The number of hydrogen-bond acceptors (Lipinski definition) is 0. The summed E-state index contributed by atoms with van der Waals surface area (Å²) in [4.78, 5) is 0. The lowest BCUT2D eigenvalue weighted by Crippen LogP contribution is -3.00. The van der Waals surface area contributed by atoms with E-state index < -0.39 is 7.26 Å². The van der Waals surface area contributed by atoms with Crippen LogP contribution in [0, 0.1) is 3.57 Å². The van der Waals surface area contributed by atoms with Crippen LogP contribution in [0.3, 0.4) is 0 Å². The third kappa shape index (κ3) is 3.39. The standard InChI is InChI=1S/C19H17IP.HI/c1-21(16-10-4-2-5-11-16,17-12-6-3-7-13-17)19-15-9-8-14-18(19)20;/h2-15H,1H3;1H/q+1;/p-1. The molecule has 0 saturated carbocycles. The Hall–Kier alpha value is -0.450. The second kappa shape index (κ2) is 7.89. The molecule has 0 aliphatic heterocycles. The average Bonchev–Trinajstić information content (AvgIpc) is 2.56. The molecule has 0 aromatic heterocycles. The maximum absolute atomic E-state index is 2.47. The van der Waals surface area contributed by atoms with E-state index in [0.717, 1.165) is 0 Å². The number of halogens is 2. The zero-order chi connectivity index (χ0) is 14.7. The van der Waals surface area contributed by atoms with E-state index in [0.29, 0.717) is 0 Å². The summed E-state index contributed by atoms with van der Waals surface area (Å²) in [6.07, 6.45) is 0. The fourth-order valence-electron chi connectivity index (χ4n) is 2.69. The van der Waals surface area contributed by atoms with Gasteiger partial charge in [-0.2, -0.15) is 0 Å². The number of benzene rings is 3. The second-order valence-corrected chi connectivity index (χ2v) is 9.82. The van der Waals surface area contributed by atoms with Crippen LogP contribution in [-0.4, -0.2) is 6.66 Å². The van der Waals surface area contributed by atoms with Gasteiger partial charge < -0.3 is 24.0 Å². The minimum absolute atomic E-state index is 0. The van der Waals surface area contributed by atoms with Crippen molar-refractivity contribution in [1.82, 2.24) is 0 Å². The predicted octanol–water partition coefficient (Wildman–Crippen LogP) is 1.22. The van der Waals surface area contributed by atoms with Gasteiger partial charge in [-0.1, -0.05) is 48.5 Å². The Kier molecular flexibility index (Phi) is 6.42. The summed E-state index contributed by atoms with van der Waals surface area (Å²) >= 11 is 2.47. The van der Waals surface area contributed by atoms with Gasteiger partial charge in [0.15, 0.2) is 0 Å². The molecule has 0 heterocycles. The van der Waals surface area contributed by atoms with Gasteiger partial charge in [-0.15, -0.1) is 0 Å². The summed E-state index contributed by atoms with van der Waals surface area (Å²) in [6, 6.07) is 30.6. The van der Waals surface area contributed by atoms with Gasteiger partial charge in [0.1, 0.15) is 23.2 Å². The van der Waals surface area contributed by atoms with Gasteiger partial charge >= 0.3 is 0 Å². The highest BCUT2D eigenvalue weighted by molar-refractivity contribution is 14.1. The van der Waals surface area contributed by atoms with Crippen LogP contribution in [0.2, 0.25) is 0 Å². The maximum atomic E-state index is 2.47. The summed E-state index contributed by atoms with van der Waals surface area (Å²) in [5, 5.41) is 4.32. The van der Waals surface area contributed by atoms with Crippen molar-refractivity contribution in [2.45, 2.75) is 0 Å². The normalized spacial score (nSPS) is 10.8. The molecular formula is C19H17I2P. The highest BCUT2D eigenvalue weighted by atomic mass is 127. The van der Waals surface area contributed by atoms with Crippen molar-refractivity contribution in [3.05, 3.63) is 88.5 Å². The summed E-state index contributed by atoms with van der Waals surface area (Å²) in [6.45, 7) is 2.43. The van der Waals surface area contributed by atoms with Crippen LogP contribution in [0.25, 0.3) is 0 Å². The van der Waals surface area contributed by atoms with Crippen molar-refractivity contribution >= 4 is 45.8 Å². The van der Waals surface area contributed by atoms with Crippen LogP contribution < -0.4 is 39.9 Å². The lowest BCUT2D eigenvalue weighted by Gasteiger charge is -2.24. The molecule has 3 rings (SSSR count). The molecule has 0 aliphatic carbocycles. The molecule has 0 unspecified atom stereocenters. The molecule has 0 aliphatic rings. The van der Waals surface area contributed by atoms with Crippen LogP contribution in [-0.2, 0) is 0 Å². The van der Waals surface area contributed by atoms with Crippen LogP contribution in [0.15, 0.2) is 84.9 Å². The van der Waals surface area contributed by atoms with Gasteiger partial charge in [0.25, 0.3) is 0 Å². The molecule has 0 amide bonds. The van der Waals surface area contributed by atoms with Crippen LogP contribution in [0.5, 0.6) is 0 Å². The molecule has 22 heavy (non-hydrogen) atoms. The molecule has 0 fully saturated rings. The van der Waals surface area contributed by atoms with E-state index in [1.165, 1.54) is 19.5 Å². The van der Waals surface area contributed by atoms with Crippen LogP contribution in [0.4, 0.5) is 0 Å². The molecular weight excluding hydrogens is 513 g/mol. The van der Waals surface area contributed by atoms with E-state index in [2.05, 4.69) is 114 Å². The first kappa shape index (κ1) is 17.9. The smallest absolute Gasteiger partial charge is 0.117 e. The molecule has 3 aromatic rings. The summed E-state index contributed by atoms with van der Waals surface area (Å²) in [5.74, 6) is 0. The Morgan fingerprint density at radius 1 is 0.636 bits per heavy atom. The largest absolute Gasteiger partial charge is 1.00 e. The lowest BCUT2D eigenvalue weighted by molar-refractivity contribution is -0.00000395. The fourth-order valence-corrected chi connectivity index (χ4v) is 7.81. The van der Waals surface area contributed by atoms with Crippen molar-refractivity contribution in [1.29, 1.82) is 0 Å². The van der Waals surface area contributed by atoms with Crippen molar-refractivity contribution in [3.8, 4) is 0 Å². The van der Waals surface area contributed by atoms with E-state index in [9.17, 15) is 0 Å². The Morgan fingerprint density at radius 3 is 1.50 bits per heavy atom. The van der Waals surface area contributed by atoms with Crippen molar-refractivity contribution in [2.24, 2.45) is 0 Å². The third-order valence-corrected chi connectivity index (χ3v) is 9.26. The van der Waals surface area contributed by atoms with Crippen LogP contribution in [0.1, 0.15) is 0 Å². The second-order valence-electron chi connectivity index (χ2n) is 5.13. The van der Waals surface area contributed by atoms with Gasteiger partial charge in [0, 0.05) is 0 Å². The Morgan fingerprint density at radius 2 is 1.05 bits per heavy atom. The Balaban J connectivity index is 0.00000176. The van der Waals surface area contributed by atoms with E-state index in [4.69, 9.17) is 0 Å². The quantitative estimate of drug-likeness (QED) is 0.354. The minimum atomic E-state index is -1.57. The monoisotopic (exact) mass is 530 g/mol. The van der Waals surface area contributed by atoms with Gasteiger partial charge in [-0.25, -0.2) is 0 Å². The SMILES string of the molecule is C[P+](c1ccccc1)(c1ccccc1)c1ccccc1I.[I-]. The number of rotatable bonds is 3. The van der Waals surface area contributed by atoms with E-state index in [1.807, 2.05) is 0 Å². The Labute approximate surface area is 163 Å². The molecule has 0 bridgehead atoms. The first-order valence-electron chi connectivity index (χ1n) is 6.96. The summed E-state index contributed by atoms with van der Waals surface area (Å²) < 4.78 is 1.35. The first-order valence-corrected chi connectivity index (χ1v) is 10.3. The molecule has 0 nitrogen and oxygen atoms in total. The van der Waals surface area contributed by atoms with Crippen molar-refractivity contribution in [3.63, 3.8) is 0 Å². The summed E-state index contributed by atoms with van der Waals surface area (Å²) in [7, 11) is -1.57. The van der Waals surface area contributed by atoms with Crippen molar-refractivity contribution < 1.29 is 24.0 Å². The highest BCUT2D eigenvalue weighted by Crippen LogP contribution is 2.52. The molecule has 0 N–H and O–H groups in total. The summed E-state index contributed by atoms with van der Waals surface area (Å²) in [5.41, 5.74) is 0. The molecule has 112 valence electrons. The fraction of sp³-hybridized carbons (Fsp3) is 0.0526. The maximum Gasteiger partial charge on any atom is 0.117 e.